The lowest BCUT2D eigenvalue weighted by Crippen LogP contribution is -2.37. The van der Waals surface area contributed by atoms with Gasteiger partial charge in [-0.1, -0.05) is 32.6 Å². The molecule has 1 aliphatic carbocycles. The monoisotopic (exact) mass is 377 g/mol. The Kier molecular flexibility index (Phi) is 8.95. The normalized spacial score (nSPS) is 14.9. The third-order valence-corrected chi connectivity index (χ3v) is 4.50. The van der Waals surface area contributed by atoms with Crippen molar-refractivity contribution in [2.45, 2.75) is 64.8 Å². The molecule has 1 aromatic carbocycles. The second-order valence-electron chi connectivity index (χ2n) is 6.78. The van der Waals surface area contributed by atoms with E-state index < -0.39 is 5.97 Å². The smallest absolute Gasteiger partial charge is 0.338 e. The molecule has 1 amide bonds. The van der Waals surface area contributed by atoms with Crippen LogP contribution in [0.15, 0.2) is 18.2 Å². The summed E-state index contributed by atoms with van der Waals surface area (Å²) in [6.07, 6.45) is 7.59. The second kappa shape index (κ2) is 11.5. The van der Waals surface area contributed by atoms with Gasteiger partial charge in [0.25, 0.3) is 5.91 Å². The first kappa shape index (κ1) is 21.1. The van der Waals surface area contributed by atoms with E-state index in [9.17, 15) is 9.59 Å². The Hall–Kier alpha value is -2.24. The van der Waals surface area contributed by atoms with Crippen molar-refractivity contribution in [3.63, 3.8) is 0 Å². The maximum atomic E-state index is 12.3. The minimum atomic E-state index is -0.547. The van der Waals surface area contributed by atoms with Gasteiger partial charge in [0.2, 0.25) is 0 Å². The summed E-state index contributed by atoms with van der Waals surface area (Å²) in [5, 5.41) is 2.97. The van der Waals surface area contributed by atoms with Crippen LogP contribution in [0.5, 0.6) is 11.5 Å². The van der Waals surface area contributed by atoms with Gasteiger partial charge in [-0.05, 0) is 44.4 Å². The maximum absolute atomic E-state index is 12.3. The lowest BCUT2D eigenvalue weighted by atomic mass is 10.1. The zero-order valence-electron chi connectivity index (χ0n) is 16.4. The summed E-state index contributed by atoms with van der Waals surface area (Å²) in [7, 11) is 0. The number of esters is 1. The van der Waals surface area contributed by atoms with E-state index in [2.05, 4.69) is 5.32 Å². The number of benzene rings is 1. The largest absolute Gasteiger partial charge is 0.490 e. The van der Waals surface area contributed by atoms with E-state index in [0.29, 0.717) is 30.3 Å². The van der Waals surface area contributed by atoms with E-state index in [1.54, 1.807) is 18.2 Å². The van der Waals surface area contributed by atoms with Crippen LogP contribution in [0.4, 0.5) is 0 Å². The molecule has 1 aromatic rings. The molecule has 150 valence electrons. The Morgan fingerprint density at radius 2 is 1.78 bits per heavy atom. The number of carbonyl (C=O) groups excluding carboxylic acids is 2. The average molecular weight is 377 g/mol. The molecule has 1 N–H and O–H groups in total. The molecule has 0 unspecified atom stereocenters. The third kappa shape index (κ3) is 7.12. The highest BCUT2D eigenvalue weighted by Crippen LogP contribution is 2.29. The first-order chi connectivity index (χ1) is 13.1. The second-order valence-corrected chi connectivity index (χ2v) is 6.78. The highest BCUT2D eigenvalue weighted by Gasteiger charge is 2.17. The van der Waals surface area contributed by atoms with E-state index in [1.165, 1.54) is 12.8 Å². The van der Waals surface area contributed by atoms with E-state index in [1.807, 2.05) is 13.8 Å². The van der Waals surface area contributed by atoms with Crippen LogP contribution in [0.25, 0.3) is 0 Å². The molecule has 0 heterocycles. The van der Waals surface area contributed by atoms with E-state index in [4.69, 9.17) is 14.2 Å². The van der Waals surface area contributed by atoms with Gasteiger partial charge in [-0.15, -0.1) is 0 Å². The molecule has 1 aliphatic rings. The van der Waals surface area contributed by atoms with Crippen molar-refractivity contribution in [1.29, 1.82) is 0 Å². The van der Waals surface area contributed by atoms with Gasteiger partial charge in [0.1, 0.15) is 0 Å². The molecule has 0 aromatic heterocycles. The topological polar surface area (TPSA) is 73.9 Å². The predicted octanol–water partition coefficient (Wildman–Crippen LogP) is 3.87. The van der Waals surface area contributed by atoms with Gasteiger partial charge < -0.3 is 19.5 Å². The summed E-state index contributed by atoms with van der Waals surface area (Å²) in [5.41, 5.74) is 0.338. The maximum Gasteiger partial charge on any atom is 0.338 e. The van der Waals surface area contributed by atoms with Crippen molar-refractivity contribution in [2.24, 2.45) is 0 Å². The van der Waals surface area contributed by atoms with Crippen molar-refractivity contribution in [2.75, 3.05) is 19.8 Å². The number of amides is 1. The van der Waals surface area contributed by atoms with Crippen molar-refractivity contribution >= 4 is 11.9 Å². The molecule has 1 fully saturated rings. The Morgan fingerprint density at radius 1 is 1.04 bits per heavy atom. The number of nitrogens with one attached hydrogen (secondary N) is 1. The molecule has 0 bridgehead atoms. The summed E-state index contributed by atoms with van der Waals surface area (Å²) in [6.45, 7) is 4.65. The first-order valence-corrected chi connectivity index (χ1v) is 10.00. The van der Waals surface area contributed by atoms with Gasteiger partial charge in [-0.2, -0.15) is 0 Å². The summed E-state index contributed by atoms with van der Waals surface area (Å²) in [6, 6.07) is 5.11. The van der Waals surface area contributed by atoms with Gasteiger partial charge in [0, 0.05) is 6.04 Å². The first-order valence-electron chi connectivity index (χ1n) is 10.00. The average Bonchev–Trinajstić information content (AvgIpc) is 2.94. The fourth-order valence-corrected chi connectivity index (χ4v) is 3.14. The predicted molar refractivity (Wildman–Crippen MR) is 103 cm³/mol. The number of carbonyl (C=O) groups is 2. The van der Waals surface area contributed by atoms with Crippen LogP contribution in [0.2, 0.25) is 0 Å². The van der Waals surface area contributed by atoms with Gasteiger partial charge in [0.05, 0.1) is 18.8 Å². The molecule has 0 aliphatic heterocycles. The molecular formula is C21H31NO5. The van der Waals surface area contributed by atoms with Gasteiger partial charge in [-0.25, -0.2) is 4.79 Å². The van der Waals surface area contributed by atoms with E-state index in [0.717, 1.165) is 32.1 Å². The minimum absolute atomic E-state index is 0.193. The van der Waals surface area contributed by atoms with E-state index >= 15 is 0 Å². The highest BCUT2D eigenvalue weighted by molar-refractivity contribution is 5.92. The molecule has 6 nitrogen and oxygen atoms in total. The van der Waals surface area contributed by atoms with Crippen molar-refractivity contribution in [3.8, 4) is 11.5 Å². The quantitative estimate of drug-likeness (QED) is 0.522. The number of rotatable bonds is 9. The van der Waals surface area contributed by atoms with Crippen LogP contribution in [0.1, 0.15) is 69.2 Å². The fourth-order valence-electron chi connectivity index (χ4n) is 3.14. The number of ether oxygens (including phenoxy) is 3. The molecule has 6 heteroatoms. The van der Waals surface area contributed by atoms with E-state index in [-0.39, 0.29) is 18.6 Å². The zero-order chi connectivity index (χ0) is 19.5. The summed E-state index contributed by atoms with van der Waals surface area (Å²) < 4.78 is 16.3. The van der Waals surface area contributed by atoms with Gasteiger partial charge in [0.15, 0.2) is 18.1 Å². The number of hydrogen-bond acceptors (Lipinski definition) is 5. The molecule has 2 rings (SSSR count). The lowest BCUT2D eigenvalue weighted by Gasteiger charge is -2.16. The van der Waals surface area contributed by atoms with Crippen molar-refractivity contribution in [1.82, 2.24) is 5.32 Å². The molecular weight excluding hydrogens is 346 g/mol. The van der Waals surface area contributed by atoms with Crippen LogP contribution in [-0.2, 0) is 9.53 Å². The van der Waals surface area contributed by atoms with Crippen molar-refractivity contribution in [3.05, 3.63) is 23.8 Å². The molecule has 27 heavy (non-hydrogen) atoms. The fraction of sp³-hybridized carbons (Fsp3) is 0.619. The molecule has 0 atom stereocenters. The Bertz CT molecular complexity index is 609. The minimum Gasteiger partial charge on any atom is -0.490 e. The number of hydrogen-bond donors (Lipinski definition) is 1. The Labute approximate surface area is 161 Å². The molecule has 0 radical (unpaired) electrons. The Balaban J connectivity index is 1.88. The Morgan fingerprint density at radius 3 is 2.44 bits per heavy atom. The zero-order valence-corrected chi connectivity index (χ0v) is 16.4. The lowest BCUT2D eigenvalue weighted by molar-refractivity contribution is -0.125. The molecule has 0 spiro atoms. The summed E-state index contributed by atoms with van der Waals surface area (Å²) in [5.74, 6) is 0.307. The standard InChI is InChI=1S/C21H31NO5/c1-3-13-26-18-12-11-16(14-19(18)25-4-2)21(24)27-15-20(23)22-17-9-7-5-6-8-10-17/h11-12,14,17H,3-10,13,15H2,1-2H3,(H,22,23). The highest BCUT2D eigenvalue weighted by atomic mass is 16.5. The van der Waals surface area contributed by atoms with Crippen LogP contribution in [0.3, 0.4) is 0 Å². The summed E-state index contributed by atoms with van der Waals surface area (Å²) >= 11 is 0. The molecule has 1 saturated carbocycles. The van der Waals surface area contributed by atoms with Crippen LogP contribution >= 0.6 is 0 Å². The van der Waals surface area contributed by atoms with Crippen molar-refractivity contribution < 1.29 is 23.8 Å². The summed E-state index contributed by atoms with van der Waals surface area (Å²) in [4.78, 5) is 24.3. The third-order valence-electron chi connectivity index (χ3n) is 4.50. The molecule has 0 saturated heterocycles. The van der Waals surface area contributed by atoms with Crippen LogP contribution in [0, 0.1) is 0 Å². The van der Waals surface area contributed by atoms with Gasteiger partial charge >= 0.3 is 5.97 Å². The van der Waals surface area contributed by atoms with Crippen LogP contribution < -0.4 is 14.8 Å². The SMILES string of the molecule is CCCOc1ccc(C(=O)OCC(=O)NC2CCCCCC2)cc1OCC. The van der Waals surface area contributed by atoms with Crippen LogP contribution in [-0.4, -0.2) is 37.7 Å². The van der Waals surface area contributed by atoms with Gasteiger partial charge in [-0.3, -0.25) is 4.79 Å².